The van der Waals surface area contributed by atoms with Gasteiger partial charge < -0.3 is 20.1 Å². The molecule has 3 aromatic carbocycles. The molecule has 0 fully saturated rings. The molecule has 0 saturated carbocycles. The smallest absolute Gasteiger partial charge is 0.471 e. The Bertz CT molecular complexity index is 1550. The lowest BCUT2D eigenvalue weighted by molar-refractivity contribution is -0.186. The highest BCUT2D eigenvalue weighted by Crippen LogP contribution is 2.27. The summed E-state index contributed by atoms with van der Waals surface area (Å²) in [4.78, 5) is 12.0. The minimum absolute atomic E-state index is 0.0868. The average molecular weight is 628 g/mol. The van der Waals surface area contributed by atoms with E-state index in [9.17, 15) is 40.3 Å². The zero-order valence-corrected chi connectivity index (χ0v) is 23.8. The molecule has 2 unspecified atom stereocenters. The van der Waals surface area contributed by atoms with Crippen molar-refractivity contribution in [2.45, 2.75) is 49.1 Å². The van der Waals surface area contributed by atoms with Gasteiger partial charge in [-0.2, -0.15) is 13.2 Å². The number of methoxy groups -OCH3 is 1. The number of hydrogen-bond acceptors (Lipinski definition) is 6. The molecule has 0 radical (unpaired) electrons. The van der Waals surface area contributed by atoms with Gasteiger partial charge in [0.05, 0.1) is 24.2 Å². The van der Waals surface area contributed by atoms with Crippen LogP contribution in [0.15, 0.2) is 65.6 Å². The molecular weight excluding hydrogens is 597 g/mol. The normalized spacial score (nSPS) is 15.1. The van der Waals surface area contributed by atoms with Crippen LogP contribution in [0.2, 0.25) is 0 Å². The summed E-state index contributed by atoms with van der Waals surface area (Å²) in [6.07, 6.45) is -6.61. The quantitative estimate of drug-likeness (QED) is 0.281. The van der Waals surface area contributed by atoms with Gasteiger partial charge in [0.1, 0.15) is 17.4 Å². The molecule has 3 aromatic rings. The third kappa shape index (κ3) is 8.50. The van der Waals surface area contributed by atoms with E-state index in [1.165, 1.54) is 25.3 Å². The molecule has 232 valence electrons. The second-order valence-electron chi connectivity index (χ2n) is 10.2. The Kier molecular flexibility index (Phi) is 10.1. The van der Waals surface area contributed by atoms with Crippen molar-refractivity contribution in [3.05, 3.63) is 94.6 Å². The number of sulfonamides is 1. The first-order chi connectivity index (χ1) is 20.2. The molecule has 3 N–H and O–H groups in total. The molecule has 43 heavy (non-hydrogen) atoms. The molecule has 14 heteroatoms. The van der Waals surface area contributed by atoms with Crippen LogP contribution in [0.4, 0.5) is 22.0 Å². The lowest BCUT2D eigenvalue weighted by atomic mass is 10.00. The number of rotatable bonds is 11. The van der Waals surface area contributed by atoms with Gasteiger partial charge in [-0.1, -0.05) is 18.2 Å². The van der Waals surface area contributed by atoms with Crippen molar-refractivity contribution in [3.63, 3.8) is 0 Å². The molecule has 0 bridgehead atoms. The first kappa shape index (κ1) is 32.3. The van der Waals surface area contributed by atoms with Crippen LogP contribution in [0.5, 0.6) is 5.75 Å². The van der Waals surface area contributed by atoms with Crippen LogP contribution < -0.4 is 14.8 Å². The summed E-state index contributed by atoms with van der Waals surface area (Å²) in [5.41, 5.74) is 1.74. The fraction of sp³-hybridized carbons (Fsp3) is 0.345. The van der Waals surface area contributed by atoms with Crippen molar-refractivity contribution in [3.8, 4) is 5.75 Å². The monoisotopic (exact) mass is 627 g/mol. The molecule has 8 nitrogen and oxygen atoms in total. The Labute approximate surface area is 245 Å². The Morgan fingerprint density at radius 3 is 2.42 bits per heavy atom. The topological polar surface area (TPSA) is 108 Å². The van der Waals surface area contributed by atoms with Crippen molar-refractivity contribution in [1.82, 2.24) is 14.9 Å². The highest BCUT2D eigenvalue weighted by atomic mass is 32.2. The number of ether oxygens (including phenoxy) is 1. The van der Waals surface area contributed by atoms with E-state index < -0.39 is 52.4 Å². The van der Waals surface area contributed by atoms with E-state index in [0.29, 0.717) is 28.8 Å². The van der Waals surface area contributed by atoms with Crippen molar-refractivity contribution in [2.75, 3.05) is 20.2 Å². The predicted octanol–water partition coefficient (Wildman–Crippen LogP) is 3.46. The summed E-state index contributed by atoms with van der Waals surface area (Å²) in [7, 11) is -2.88. The van der Waals surface area contributed by atoms with Crippen molar-refractivity contribution >= 4 is 15.9 Å². The van der Waals surface area contributed by atoms with Crippen LogP contribution >= 0.6 is 0 Å². The van der Waals surface area contributed by atoms with E-state index in [1.807, 2.05) is 6.07 Å². The van der Waals surface area contributed by atoms with Gasteiger partial charge in [0, 0.05) is 32.2 Å². The van der Waals surface area contributed by atoms with Crippen LogP contribution in [0, 0.1) is 11.6 Å². The second-order valence-corrected chi connectivity index (χ2v) is 11.9. The number of nitrogens with one attached hydrogen (secondary N) is 2. The summed E-state index contributed by atoms with van der Waals surface area (Å²) in [6, 6.07) is 12.5. The SMILES string of the molecule is COc1cccc(CNCC(O)C(Cc2cc(F)cc(F)c2)NS(=O)(=O)c2ccc3c(c2)CN(C(=O)C(F)(F)F)CC3)c1. The number of carbonyl (C=O) groups is 1. The molecule has 2 atom stereocenters. The fourth-order valence-electron chi connectivity index (χ4n) is 4.85. The van der Waals surface area contributed by atoms with E-state index in [-0.39, 0.29) is 42.0 Å². The van der Waals surface area contributed by atoms with Gasteiger partial charge in [0.25, 0.3) is 0 Å². The van der Waals surface area contributed by atoms with Gasteiger partial charge >= 0.3 is 12.1 Å². The first-order valence-electron chi connectivity index (χ1n) is 13.2. The number of benzene rings is 3. The molecule has 4 rings (SSSR count). The molecule has 1 amide bonds. The Morgan fingerprint density at radius 1 is 1.02 bits per heavy atom. The molecule has 1 heterocycles. The summed E-state index contributed by atoms with van der Waals surface area (Å²) < 4.78 is 101. The fourth-order valence-corrected chi connectivity index (χ4v) is 6.17. The lowest BCUT2D eigenvalue weighted by Gasteiger charge is -2.30. The maximum atomic E-state index is 13.9. The van der Waals surface area contributed by atoms with Crippen LogP contribution in [0.1, 0.15) is 22.3 Å². The van der Waals surface area contributed by atoms with E-state index in [0.717, 1.165) is 17.7 Å². The predicted molar refractivity (Wildman–Crippen MR) is 146 cm³/mol. The summed E-state index contributed by atoms with van der Waals surface area (Å²) in [5.74, 6) is -3.16. The standard InChI is InChI=1S/C29H30F5N3O5S/c1-42-24-4-2-3-18(11-24)15-35-16-27(38)26(12-19-9-22(30)14-23(31)10-19)36-43(40,41)25-6-5-20-7-8-37(17-21(20)13-25)28(39)29(32,33)34/h2-6,9-11,13-14,26-27,35-36,38H,7-8,12,15-17H2,1H3. The number of nitrogens with zero attached hydrogens (tertiary/aromatic N) is 1. The number of amides is 1. The number of hydrogen-bond donors (Lipinski definition) is 3. The minimum atomic E-state index is -5.07. The minimum Gasteiger partial charge on any atom is -0.497 e. The van der Waals surface area contributed by atoms with Gasteiger partial charge in [0.15, 0.2) is 0 Å². The van der Waals surface area contributed by atoms with E-state index in [4.69, 9.17) is 4.74 Å². The van der Waals surface area contributed by atoms with Gasteiger partial charge in [-0.3, -0.25) is 4.79 Å². The highest BCUT2D eigenvalue weighted by Gasteiger charge is 2.43. The molecule has 1 aliphatic rings. The maximum absolute atomic E-state index is 13.9. The van der Waals surface area contributed by atoms with Crippen LogP contribution in [0.3, 0.4) is 0 Å². The number of carbonyl (C=O) groups excluding carboxylic acids is 1. The van der Waals surface area contributed by atoms with E-state index in [1.54, 1.807) is 18.2 Å². The van der Waals surface area contributed by atoms with Crippen LogP contribution in [-0.2, 0) is 40.7 Å². The van der Waals surface area contributed by atoms with Crippen LogP contribution in [0.25, 0.3) is 0 Å². The lowest BCUT2D eigenvalue weighted by Crippen LogP contribution is -2.48. The molecule has 0 aromatic heterocycles. The largest absolute Gasteiger partial charge is 0.497 e. The number of alkyl halides is 3. The summed E-state index contributed by atoms with van der Waals surface area (Å²) in [5, 5.41) is 14.0. The second kappa shape index (κ2) is 13.4. The number of aliphatic hydroxyl groups excluding tert-OH is 1. The van der Waals surface area contributed by atoms with Gasteiger partial charge in [-0.05, 0) is 71.5 Å². The molecule has 0 spiro atoms. The van der Waals surface area contributed by atoms with Gasteiger partial charge in [-0.15, -0.1) is 0 Å². The summed E-state index contributed by atoms with van der Waals surface area (Å²) >= 11 is 0. The van der Waals surface area contributed by atoms with E-state index >= 15 is 0 Å². The zero-order chi connectivity index (χ0) is 31.4. The Hall–Kier alpha value is -3.59. The van der Waals surface area contributed by atoms with Gasteiger partial charge in [-0.25, -0.2) is 21.9 Å². The van der Waals surface area contributed by atoms with Crippen molar-refractivity contribution in [1.29, 1.82) is 0 Å². The Morgan fingerprint density at radius 2 is 1.74 bits per heavy atom. The molecule has 1 aliphatic heterocycles. The van der Waals surface area contributed by atoms with Crippen LogP contribution in [-0.4, -0.2) is 62.9 Å². The van der Waals surface area contributed by atoms with Crippen molar-refractivity contribution in [2.24, 2.45) is 0 Å². The zero-order valence-electron chi connectivity index (χ0n) is 23.0. The third-order valence-electron chi connectivity index (χ3n) is 7.00. The maximum Gasteiger partial charge on any atom is 0.471 e. The number of halogens is 5. The average Bonchev–Trinajstić information content (AvgIpc) is 2.94. The molecule has 0 aliphatic carbocycles. The van der Waals surface area contributed by atoms with E-state index in [2.05, 4.69) is 10.0 Å². The number of aliphatic hydroxyl groups is 1. The highest BCUT2D eigenvalue weighted by molar-refractivity contribution is 7.89. The third-order valence-corrected chi connectivity index (χ3v) is 8.48. The van der Waals surface area contributed by atoms with Gasteiger partial charge in [0.2, 0.25) is 10.0 Å². The first-order valence-corrected chi connectivity index (χ1v) is 14.7. The molecular formula is C29H30F5N3O5S. The number of fused-ring (bicyclic) bond motifs is 1. The Balaban J connectivity index is 1.54. The summed E-state index contributed by atoms with van der Waals surface area (Å²) in [6.45, 7) is -0.419. The molecule has 0 saturated heterocycles. The van der Waals surface area contributed by atoms with Crippen molar-refractivity contribution < 1.29 is 45.0 Å².